The van der Waals surface area contributed by atoms with Gasteiger partial charge in [0.2, 0.25) is 0 Å². The van der Waals surface area contributed by atoms with Crippen LogP contribution in [0.2, 0.25) is 0 Å². The predicted octanol–water partition coefficient (Wildman–Crippen LogP) is 26.4. The normalized spacial score (nSPS) is 12.3. The highest BCUT2D eigenvalue weighted by molar-refractivity contribution is 7.53. The molecule has 0 unspecified atom stereocenters. The second kappa shape index (κ2) is 52.0. The molecule has 0 aliphatic heterocycles. The van der Waals surface area contributed by atoms with Crippen molar-refractivity contribution >= 4 is 59.2 Å². The summed E-state index contributed by atoms with van der Waals surface area (Å²) in [5.41, 5.74) is 6.11. The molecule has 0 amide bonds. The maximum absolute atomic E-state index is 15.4. The molecule has 0 aromatic heterocycles. The zero-order valence-corrected chi connectivity index (χ0v) is 64.0. The largest absolute Gasteiger partial charge is 0.494 e. The minimum atomic E-state index is -3.95. The smallest absolute Gasteiger partial charge is 0.335 e. The summed E-state index contributed by atoms with van der Waals surface area (Å²) in [6, 6.07) is 24.0. The second-order valence-electron chi connectivity index (χ2n) is 25.3. The lowest BCUT2D eigenvalue weighted by Gasteiger charge is -2.28. The summed E-state index contributed by atoms with van der Waals surface area (Å²) >= 11 is 0. The summed E-state index contributed by atoms with van der Waals surface area (Å²) in [6.45, 7) is 20.2. The number of unbranched alkanes of at least 4 members (excludes halogenated alkanes) is 27. The van der Waals surface area contributed by atoms with E-state index in [1.165, 1.54) is 154 Å². The number of rotatable bonds is 60. The molecule has 0 aliphatic carbocycles. The van der Waals surface area contributed by atoms with Crippen LogP contribution in [0.4, 0.5) is 0 Å². The third-order valence-corrected chi connectivity index (χ3v) is 23.2. The summed E-state index contributed by atoms with van der Waals surface area (Å²) in [5.74, 6) is 2.35. The second-order valence-corrected chi connectivity index (χ2v) is 31.5. The molecule has 0 bridgehead atoms. The highest BCUT2D eigenvalue weighted by Gasteiger charge is 2.36. The first kappa shape index (κ1) is 84.4. The van der Waals surface area contributed by atoms with Gasteiger partial charge in [0.15, 0.2) is 0 Å². The molecule has 0 aliphatic rings. The van der Waals surface area contributed by atoms with Gasteiger partial charge >= 0.3 is 22.8 Å². The summed E-state index contributed by atoms with van der Waals surface area (Å²) < 4.78 is 102. The molecule has 0 spiro atoms. The summed E-state index contributed by atoms with van der Waals surface area (Å²) in [7, 11) is -11.8. The highest BCUT2D eigenvalue weighted by atomic mass is 31.2. The minimum Gasteiger partial charge on any atom is -0.494 e. The van der Waals surface area contributed by atoms with E-state index >= 15 is 13.7 Å². The maximum Gasteiger partial charge on any atom is 0.335 e. The van der Waals surface area contributed by atoms with Gasteiger partial charge in [-0.1, -0.05) is 267 Å². The zero-order chi connectivity index (χ0) is 69.2. The van der Waals surface area contributed by atoms with Crippen LogP contribution in [0.3, 0.4) is 0 Å². The van der Waals surface area contributed by atoms with Gasteiger partial charge in [0.05, 0.1) is 77.9 Å². The number of hydrogen-bond donors (Lipinski definition) is 0. The van der Waals surface area contributed by atoms with E-state index in [-0.39, 0.29) is 58.1 Å². The van der Waals surface area contributed by atoms with Crippen LogP contribution in [0.15, 0.2) is 72.8 Å². The van der Waals surface area contributed by atoms with Gasteiger partial charge in [0.25, 0.3) is 0 Å². The average Bonchev–Trinajstić information content (AvgIpc) is 0.749. The third kappa shape index (κ3) is 34.8. The van der Waals surface area contributed by atoms with Gasteiger partial charge in [0.1, 0.15) is 17.2 Å². The van der Waals surface area contributed by atoms with Crippen molar-refractivity contribution in [1.82, 2.24) is 0 Å². The lowest BCUT2D eigenvalue weighted by Crippen LogP contribution is -2.12. The first-order valence-corrected chi connectivity index (χ1v) is 43.1. The molecule has 540 valence electrons. The van der Waals surface area contributed by atoms with E-state index in [0.29, 0.717) is 53.2 Å². The topological polar surface area (TPSA) is 134 Å². The molecular formula is C81H129O12P3. The van der Waals surface area contributed by atoms with Gasteiger partial charge in [-0.2, -0.15) is 0 Å². The van der Waals surface area contributed by atoms with Crippen molar-refractivity contribution in [3.05, 3.63) is 123 Å². The SMILES string of the molecule is CCCCCCCCCCCCOc1ccc(/C=C/c2c(CP(=O)(OCC)OCC)c(/C=C/c3ccc(OCCCCCCCCCCCC)cc3)c(CP(=O)(OCC)OCC)c(/C=C/c3ccc(OCCCCCCCCCCCC)cc3)c2CP(=O)(OCC)OCC)cc1. The first-order chi connectivity index (χ1) is 46.8. The lowest BCUT2D eigenvalue weighted by molar-refractivity contribution is 0.218. The molecule has 4 rings (SSSR count). The van der Waals surface area contributed by atoms with Gasteiger partial charge in [-0.05, 0) is 147 Å². The van der Waals surface area contributed by atoms with E-state index in [4.69, 9.17) is 41.4 Å². The van der Waals surface area contributed by atoms with Crippen LogP contribution >= 0.6 is 22.8 Å². The van der Waals surface area contributed by atoms with E-state index < -0.39 is 22.8 Å². The predicted molar refractivity (Wildman–Crippen MR) is 408 cm³/mol. The van der Waals surface area contributed by atoms with Crippen molar-refractivity contribution < 1.29 is 55.0 Å². The van der Waals surface area contributed by atoms with Crippen molar-refractivity contribution in [3.8, 4) is 17.2 Å². The van der Waals surface area contributed by atoms with Crippen LogP contribution in [0.1, 0.15) is 305 Å². The van der Waals surface area contributed by atoms with E-state index in [2.05, 4.69) is 20.8 Å². The van der Waals surface area contributed by atoms with E-state index in [1.807, 2.05) is 109 Å². The molecule has 0 atom stereocenters. The molecule has 0 fully saturated rings. The Hall–Kier alpha value is -4.05. The van der Waals surface area contributed by atoms with Crippen molar-refractivity contribution in [1.29, 1.82) is 0 Å². The Kier molecular flexibility index (Phi) is 45.7. The summed E-state index contributed by atoms with van der Waals surface area (Å²) in [6.07, 6.45) is 49.0. The molecule has 4 aromatic rings. The molecule has 12 nitrogen and oxygen atoms in total. The maximum atomic E-state index is 15.4. The Bertz CT molecular complexity index is 2530. The Morgan fingerprint density at radius 3 is 0.625 bits per heavy atom. The molecule has 15 heteroatoms. The summed E-state index contributed by atoms with van der Waals surface area (Å²) in [5, 5.41) is 0. The van der Waals surface area contributed by atoms with Gasteiger partial charge < -0.3 is 41.4 Å². The van der Waals surface area contributed by atoms with Crippen molar-refractivity contribution in [3.63, 3.8) is 0 Å². The van der Waals surface area contributed by atoms with Gasteiger partial charge in [0, 0.05) is 0 Å². The van der Waals surface area contributed by atoms with Crippen LogP contribution in [-0.2, 0) is 59.3 Å². The first-order valence-electron chi connectivity index (χ1n) is 37.9. The van der Waals surface area contributed by atoms with E-state index in [1.54, 1.807) is 41.5 Å². The van der Waals surface area contributed by atoms with Crippen molar-refractivity contribution in [2.45, 2.75) is 273 Å². The van der Waals surface area contributed by atoms with E-state index in [0.717, 1.165) is 72.5 Å². The van der Waals surface area contributed by atoms with Crippen LogP contribution in [0.5, 0.6) is 17.2 Å². The standard InChI is InChI=1S/C81H129O12P3/c1-10-19-22-25-28-31-34-37-40-43-64-85-73-55-46-70(47-56-73)52-61-76-79(67-94(82,88-13-4)89-14-5)77(62-53-71-48-57-74(58-49-71)86-65-44-41-38-35-32-29-26-23-20-11-2)81(69-96(84,92-17-8)93-18-9)78(80(76)68-95(83,90-15-6)91-16-7)63-54-72-50-59-75(60-51-72)87-66-45-42-39-36-33-30-27-24-21-12-3/h46-63H,10-45,64-69H2,1-9H3/b61-52+,62-53+,63-54+. The van der Waals surface area contributed by atoms with Crippen LogP contribution < -0.4 is 14.2 Å². The van der Waals surface area contributed by atoms with Crippen molar-refractivity contribution in [2.75, 3.05) is 59.5 Å². The molecule has 0 radical (unpaired) electrons. The van der Waals surface area contributed by atoms with Gasteiger partial charge in [-0.25, -0.2) is 0 Å². The van der Waals surface area contributed by atoms with Gasteiger partial charge in [-0.15, -0.1) is 0 Å². The molecule has 4 aromatic carbocycles. The number of ether oxygens (including phenoxy) is 3. The van der Waals surface area contributed by atoms with Crippen LogP contribution in [-0.4, -0.2) is 59.5 Å². The van der Waals surface area contributed by atoms with Gasteiger partial charge in [-0.3, -0.25) is 13.7 Å². The van der Waals surface area contributed by atoms with Crippen LogP contribution in [0, 0.1) is 0 Å². The van der Waals surface area contributed by atoms with E-state index in [9.17, 15) is 0 Å². The minimum absolute atomic E-state index is 0.117. The Morgan fingerprint density at radius 2 is 0.438 bits per heavy atom. The molecule has 0 saturated carbocycles. The van der Waals surface area contributed by atoms with Crippen molar-refractivity contribution in [2.24, 2.45) is 0 Å². The third-order valence-electron chi connectivity index (χ3n) is 17.2. The lowest BCUT2D eigenvalue weighted by atomic mass is 9.86. The quantitative estimate of drug-likeness (QED) is 0.0237. The number of benzene rings is 4. The summed E-state index contributed by atoms with van der Waals surface area (Å²) in [4.78, 5) is 0. The Labute approximate surface area is 584 Å². The Balaban J connectivity index is 1.92. The fraction of sp³-hybridized carbons (Fsp3) is 0.630. The molecule has 0 saturated heterocycles. The van der Waals surface area contributed by atoms with Crippen LogP contribution in [0.25, 0.3) is 36.5 Å². The monoisotopic (exact) mass is 1390 g/mol. The molecule has 0 heterocycles. The molecule has 96 heavy (non-hydrogen) atoms. The number of hydrogen-bond acceptors (Lipinski definition) is 12. The fourth-order valence-corrected chi connectivity index (χ4v) is 17.5. The molecular weight excluding hydrogens is 1260 g/mol. The fourth-order valence-electron chi connectivity index (χ4n) is 12.1. The average molecular weight is 1390 g/mol. The highest BCUT2D eigenvalue weighted by Crippen LogP contribution is 2.59. The Morgan fingerprint density at radius 1 is 0.250 bits per heavy atom. The molecule has 0 N–H and O–H groups in total. The zero-order valence-electron chi connectivity index (χ0n) is 61.3.